The van der Waals surface area contributed by atoms with Gasteiger partial charge in [0.05, 0.1) is 5.56 Å². The summed E-state index contributed by atoms with van der Waals surface area (Å²) in [5.41, 5.74) is -0.885. The van der Waals surface area contributed by atoms with E-state index in [4.69, 9.17) is 4.74 Å². The van der Waals surface area contributed by atoms with Crippen LogP contribution in [0.5, 0.6) is 6.01 Å². The van der Waals surface area contributed by atoms with Crippen molar-refractivity contribution in [2.75, 3.05) is 13.2 Å². The minimum atomic E-state index is -4.42. The molecule has 0 aromatic carbocycles. The zero-order valence-corrected chi connectivity index (χ0v) is 9.58. The molecule has 0 aliphatic heterocycles. The first-order valence-corrected chi connectivity index (χ1v) is 5.19. The second-order valence-corrected chi connectivity index (χ2v) is 3.52. The third-order valence-electron chi connectivity index (χ3n) is 1.97. The zero-order valence-electron chi connectivity index (χ0n) is 9.58. The minimum absolute atomic E-state index is 0.0530. The summed E-state index contributed by atoms with van der Waals surface area (Å²) in [6, 6.07) is 0.0358. The summed E-state index contributed by atoms with van der Waals surface area (Å²) in [6.07, 6.45) is -3.00. The molecule has 0 unspecified atom stereocenters. The Bertz CT molecular complexity index is 340. The predicted molar refractivity (Wildman–Crippen MR) is 55.7 cm³/mol. The summed E-state index contributed by atoms with van der Waals surface area (Å²) in [5, 5.41) is 3.09. The number of hydrogen-bond donors (Lipinski definition) is 1. The smallest absolute Gasteiger partial charge is 0.419 e. The molecule has 1 N–H and O–H groups in total. The molecule has 0 aliphatic carbocycles. The van der Waals surface area contributed by atoms with Gasteiger partial charge in [-0.05, 0) is 13.5 Å². The highest BCUT2D eigenvalue weighted by atomic mass is 19.4. The van der Waals surface area contributed by atoms with Crippen molar-refractivity contribution in [2.24, 2.45) is 0 Å². The third kappa shape index (κ3) is 4.56. The Balaban J connectivity index is 2.51. The van der Waals surface area contributed by atoms with Gasteiger partial charge in [-0.3, -0.25) is 0 Å². The largest absolute Gasteiger partial charge is 0.462 e. The number of nitrogens with one attached hydrogen (secondary N) is 1. The molecule has 0 bridgehead atoms. The maximum absolute atomic E-state index is 12.2. The highest BCUT2D eigenvalue weighted by Gasteiger charge is 2.31. The number of rotatable bonds is 5. The molecule has 0 spiro atoms. The lowest BCUT2D eigenvalue weighted by atomic mass is 10.3. The molecule has 1 aromatic heterocycles. The summed E-state index contributed by atoms with van der Waals surface area (Å²) >= 11 is 0. The SMILES string of the molecule is CCN[C@@H](C)COc1ncc(C(F)(F)F)cn1. The summed E-state index contributed by atoms with van der Waals surface area (Å²) in [4.78, 5) is 6.99. The molecule has 0 saturated carbocycles. The van der Waals surface area contributed by atoms with Crippen LogP contribution in [0, 0.1) is 0 Å². The first kappa shape index (κ1) is 13.7. The quantitative estimate of drug-likeness (QED) is 0.865. The van der Waals surface area contributed by atoms with E-state index in [1.165, 1.54) is 0 Å². The highest BCUT2D eigenvalue weighted by Crippen LogP contribution is 2.28. The fourth-order valence-corrected chi connectivity index (χ4v) is 1.14. The minimum Gasteiger partial charge on any atom is -0.462 e. The first-order chi connectivity index (χ1) is 7.93. The number of alkyl halides is 3. The molecule has 7 heteroatoms. The molecule has 1 heterocycles. The van der Waals surface area contributed by atoms with Crippen molar-refractivity contribution in [3.63, 3.8) is 0 Å². The Hall–Kier alpha value is -1.37. The van der Waals surface area contributed by atoms with E-state index in [2.05, 4.69) is 15.3 Å². The van der Waals surface area contributed by atoms with Gasteiger partial charge < -0.3 is 10.1 Å². The van der Waals surface area contributed by atoms with E-state index in [0.717, 1.165) is 6.54 Å². The average Bonchev–Trinajstić information content (AvgIpc) is 2.26. The van der Waals surface area contributed by atoms with Gasteiger partial charge in [-0.15, -0.1) is 0 Å². The number of nitrogens with zero attached hydrogens (tertiary/aromatic N) is 2. The summed E-state index contributed by atoms with van der Waals surface area (Å²) in [5.74, 6) is 0. The van der Waals surface area contributed by atoms with E-state index in [1.807, 2.05) is 13.8 Å². The average molecular weight is 249 g/mol. The van der Waals surface area contributed by atoms with Crippen LogP contribution in [0.2, 0.25) is 0 Å². The fourth-order valence-electron chi connectivity index (χ4n) is 1.14. The standard InChI is InChI=1S/C10H14F3N3O/c1-3-14-7(2)6-17-9-15-4-8(5-16-9)10(11,12)13/h4-5,7,14H,3,6H2,1-2H3/t7-/m0/s1. The number of likely N-dealkylation sites (N-methyl/N-ethyl adjacent to an activating group) is 1. The van der Waals surface area contributed by atoms with E-state index in [1.54, 1.807) is 0 Å². The van der Waals surface area contributed by atoms with Gasteiger partial charge in [-0.25, -0.2) is 9.97 Å². The second kappa shape index (κ2) is 5.81. The van der Waals surface area contributed by atoms with E-state index >= 15 is 0 Å². The molecule has 0 fully saturated rings. The second-order valence-electron chi connectivity index (χ2n) is 3.52. The van der Waals surface area contributed by atoms with E-state index in [0.29, 0.717) is 19.0 Å². The van der Waals surface area contributed by atoms with Crippen LogP contribution < -0.4 is 10.1 Å². The summed E-state index contributed by atoms with van der Waals surface area (Å²) < 4.78 is 41.7. The van der Waals surface area contributed by atoms with Gasteiger partial charge in [0.15, 0.2) is 0 Å². The number of halogens is 3. The molecular formula is C10H14F3N3O. The van der Waals surface area contributed by atoms with Crippen molar-refractivity contribution in [2.45, 2.75) is 26.1 Å². The van der Waals surface area contributed by atoms with Crippen molar-refractivity contribution in [1.29, 1.82) is 0 Å². The van der Waals surface area contributed by atoms with Crippen molar-refractivity contribution >= 4 is 0 Å². The highest BCUT2D eigenvalue weighted by molar-refractivity contribution is 5.10. The van der Waals surface area contributed by atoms with Crippen LogP contribution in [0.25, 0.3) is 0 Å². The molecule has 1 aromatic rings. The third-order valence-corrected chi connectivity index (χ3v) is 1.97. The van der Waals surface area contributed by atoms with E-state index < -0.39 is 11.7 Å². The van der Waals surface area contributed by atoms with Crippen LogP contribution in [-0.2, 0) is 6.18 Å². The lowest BCUT2D eigenvalue weighted by molar-refractivity contribution is -0.138. The van der Waals surface area contributed by atoms with Crippen molar-refractivity contribution in [1.82, 2.24) is 15.3 Å². The van der Waals surface area contributed by atoms with Gasteiger partial charge in [0.25, 0.3) is 0 Å². The Labute approximate surface area is 97.2 Å². The molecule has 0 radical (unpaired) electrons. The summed E-state index contributed by atoms with van der Waals surface area (Å²) in [6.45, 7) is 4.94. The van der Waals surface area contributed by atoms with Gasteiger partial charge in [-0.2, -0.15) is 13.2 Å². The number of ether oxygens (including phenoxy) is 1. The lowest BCUT2D eigenvalue weighted by Gasteiger charge is -2.12. The zero-order chi connectivity index (χ0) is 12.9. The molecule has 1 atom stereocenters. The van der Waals surface area contributed by atoms with Crippen LogP contribution in [0.15, 0.2) is 12.4 Å². The molecule has 4 nitrogen and oxygen atoms in total. The van der Waals surface area contributed by atoms with Crippen LogP contribution in [0.1, 0.15) is 19.4 Å². The van der Waals surface area contributed by atoms with E-state index in [-0.39, 0.29) is 12.1 Å². The maximum atomic E-state index is 12.2. The molecule has 17 heavy (non-hydrogen) atoms. The van der Waals surface area contributed by atoms with Crippen LogP contribution in [-0.4, -0.2) is 29.2 Å². The molecule has 96 valence electrons. The monoisotopic (exact) mass is 249 g/mol. The molecule has 1 rings (SSSR count). The Kier molecular flexibility index (Phi) is 4.68. The Morgan fingerprint density at radius 3 is 2.41 bits per heavy atom. The normalized spacial score (nSPS) is 13.5. The van der Waals surface area contributed by atoms with Crippen molar-refractivity contribution < 1.29 is 17.9 Å². The molecule has 0 saturated heterocycles. The maximum Gasteiger partial charge on any atom is 0.419 e. The van der Waals surface area contributed by atoms with Gasteiger partial charge >= 0.3 is 12.2 Å². The predicted octanol–water partition coefficient (Wildman–Crippen LogP) is 1.87. The van der Waals surface area contributed by atoms with E-state index in [9.17, 15) is 13.2 Å². The van der Waals surface area contributed by atoms with Crippen LogP contribution in [0.3, 0.4) is 0 Å². The molecule has 0 amide bonds. The first-order valence-electron chi connectivity index (χ1n) is 5.19. The van der Waals surface area contributed by atoms with Crippen LogP contribution in [0.4, 0.5) is 13.2 Å². The Morgan fingerprint density at radius 2 is 1.94 bits per heavy atom. The number of hydrogen-bond acceptors (Lipinski definition) is 4. The number of aromatic nitrogens is 2. The lowest BCUT2D eigenvalue weighted by Crippen LogP contribution is -2.31. The van der Waals surface area contributed by atoms with Crippen LogP contribution >= 0.6 is 0 Å². The van der Waals surface area contributed by atoms with Gasteiger partial charge in [0.1, 0.15) is 6.61 Å². The fraction of sp³-hybridized carbons (Fsp3) is 0.600. The summed E-state index contributed by atoms with van der Waals surface area (Å²) in [7, 11) is 0. The Morgan fingerprint density at radius 1 is 1.35 bits per heavy atom. The molecule has 0 aliphatic rings. The van der Waals surface area contributed by atoms with Gasteiger partial charge in [0.2, 0.25) is 0 Å². The molecular weight excluding hydrogens is 235 g/mol. The van der Waals surface area contributed by atoms with Gasteiger partial charge in [0, 0.05) is 18.4 Å². The van der Waals surface area contributed by atoms with Crippen molar-refractivity contribution in [3.05, 3.63) is 18.0 Å². The van der Waals surface area contributed by atoms with Gasteiger partial charge in [-0.1, -0.05) is 6.92 Å². The van der Waals surface area contributed by atoms with Crippen molar-refractivity contribution in [3.8, 4) is 6.01 Å². The topological polar surface area (TPSA) is 47.0 Å².